The fourth-order valence-electron chi connectivity index (χ4n) is 1.15. The summed E-state index contributed by atoms with van der Waals surface area (Å²) >= 11 is 3.29. The number of hydrogen-bond acceptors (Lipinski definition) is 2. The van der Waals surface area contributed by atoms with E-state index in [0.29, 0.717) is 5.52 Å². The molecular formula is C8H5BrN2O2. The molecule has 0 amide bonds. The molecule has 0 unspecified atom stereocenters. The molecular weight excluding hydrogens is 236 g/mol. The molecule has 0 saturated heterocycles. The molecule has 0 aliphatic rings. The highest BCUT2D eigenvalue weighted by Crippen LogP contribution is 2.16. The summed E-state index contributed by atoms with van der Waals surface area (Å²) in [5.41, 5.74) is 0.656. The minimum absolute atomic E-state index is 0.0706. The van der Waals surface area contributed by atoms with Crippen LogP contribution in [0.5, 0.6) is 0 Å². The molecule has 0 spiro atoms. The molecule has 0 fully saturated rings. The number of carboxylic acids is 1. The van der Waals surface area contributed by atoms with Gasteiger partial charge in [-0.25, -0.2) is 9.78 Å². The zero-order chi connectivity index (χ0) is 9.42. The van der Waals surface area contributed by atoms with E-state index in [-0.39, 0.29) is 5.69 Å². The van der Waals surface area contributed by atoms with Crippen LogP contribution in [0.1, 0.15) is 10.5 Å². The van der Waals surface area contributed by atoms with Crippen molar-refractivity contribution >= 4 is 27.4 Å². The summed E-state index contributed by atoms with van der Waals surface area (Å²) in [6.07, 6.45) is 1.48. The van der Waals surface area contributed by atoms with Gasteiger partial charge in [-0.3, -0.25) is 4.40 Å². The molecule has 2 rings (SSSR count). The lowest BCUT2D eigenvalue weighted by Crippen LogP contribution is -1.97. The van der Waals surface area contributed by atoms with E-state index in [0.717, 1.165) is 4.60 Å². The third-order valence-corrected chi connectivity index (χ3v) is 2.37. The Morgan fingerprint density at radius 1 is 1.54 bits per heavy atom. The lowest BCUT2D eigenvalue weighted by molar-refractivity contribution is 0.0693. The molecule has 0 aromatic carbocycles. The topological polar surface area (TPSA) is 54.6 Å². The van der Waals surface area contributed by atoms with E-state index >= 15 is 0 Å². The molecule has 1 N–H and O–H groups in total. The van der Waals surface area contributed by atoms with E-state index in [9.17, 15) is 4.79 Å². The smallest absolute Gasteiger partial charge is 0.356 e. The number of fused-ring (bicyclic) bond motifs is 1. The zero-order valence-corrected chi connectivity index (χ0v) is 8.02. The van der Waals surface area contributed by atoms with Crippen LogP contribution >= 0.6 is 15.9 Å². The number of halogens is 1. The Kier molecular flexibility index (Phi) is 1.81. The van der Waals surface area contributed by atoms with Gasteiger partial charge in [0.25, 0.3) is 0 Å². The highest BCUT2D eigenvalue weighted by atomic mass is 79.9. The molecule has 2 aromatic heterocycles. The van der Waals surface area contributed by atoms with Crippen molar-refractivity contribution < 1.29 is 9.90 Å². The zero-order valence-electron chi connectivity index (χ0n) is 6.44. The fraction of sp³-hybridized carbons (Fsp3) is 0. The number of nitrogens with zero attached hydrogens (tertiary/aromatic N) is 2. The van der Waals surface area contributed by atoms with Crippen LogP contribution in [0.15, 0.2) is 29.1 Å². The van der Waals surface area contributed by atoms with Crippen molar-refractivity contribution in [3.8, 4) is 0 Å². The lowest BCUT2D eigenvalue weighted by Gasteiger charge is -1.96. The lowest BCUT2D eigenvalue weighted by atomic mass is 10.3. The average molecular weight is 241 g/mol. The van der Waals surface area contributed by atoms with Crippen LogP contribution < -0.4 is 0 Å². The number of rotatable bonds is 1. The second-order valence-corrected chi connectivity index (χ2v) is 3.31. The van der Waals surface area contributed by atoms with Gasteiger partial charge in [0.15, 0.2) is 5.69 Å². The first-order valence-corrected chi connectivity index (χ1v) is 4.34. The quantitative estimate of drug-likeness (QED) is 0.774. The van der Waals surface area contributed by atoms with E-state index in [1.807, 2.05) is 6.07 Å². The predicted octanol–water partition coefficient (Wildman–Crippen LogP) is 1.79. The SMILES string of the molecule is O=C(O)c1ncn2c(Br)cccc12. The first-order valence-electron chi connectivity index (χ1n) is 3.55. The Morgan fingerprint density at radius 3 is 3.00 bits per heavy atom. The summed E-state index contributed by atoms with van der Waals surface area (Å²) in [7, 11) is 0. The normalized spacial score (nSPS) is 10.5. The molecule has 0 aliphatic heterocycles. The highest BCUT2D eigenvalue weighted by Gasteiger charge is 2.11. The van der Waals surface area contributed by atoms with Crippen LogP contribution in [0.4, 0.5) is 0 Å². The Labute approximate surface area is 82.0 Å². The third kappa shape index (κ3) is 1.21. The molecule has 0 bridgehead atoms. The van der Waals surface area contributed by atoms with Crippen LogP contribution in [0.2, 0.25) is 0 Å². The maximum Gasteiger partial charge on any atom is 0.356 e. The fourth-order valence-corrected chi connectivity index (χ4v) is 1.59. The molecule has 0 radical (unpaired) electrons. The number of imidazole rings is 1. The number of carboxylic acid groups (broad SMARTS) is 1. The number of pyridine rings is 1. The average Bonchev–Trinajstić information content (AvgIpc) is 2.48. The van der Waals surface area contributed by atoms with Crippen molar-refractivity contribution in [1.82, 2.24) is 9.38 Å². The van der Waals surface area contributed by atoms with Gasteiger partial charge in [-0.15, -0.1) is 0 Å². The molecule has 66 valence electrons. The highest BCUT2D eigenvalue weighted by molar-refractivity contribution is 9.10. The van der Waals surface area contributed by atoms with Crippen molar-refractivity contribution in [2.75, 3.05) is 0 Å². The van der Waals surface area contributed by atoms with Gasteiger partial charge in [-0.05, 0) is 28.1 Å². The Morgan fingerprint density at radius 2 is 2.31 bits per heavy atom. The first kappa shape index (κ1) is 8.25. The Hall–Kier alpha value is -1.36. The van der Waals surface area contributed by atoms with Gasteiger partial charge in [0.1, 0.15) is 6.33 Å². The largest absolute Gasteiger partial charge is 0.476 e. The minimum Gasteiger partial charge on any atom is -0.476 e. The maximum atomic E-state index is 10.7. The van der Waals surface area contributed by atoms with Crippen molar-refractivity contribution in [2.24, 2.45) is 0 Å². The molecule has 4 nitrogen and oxygen atoms in total. The van der Waals surface area contributed by atoms with Gasteiger partial charge in [-0.1, -0.05) is 6.07 Å². The standard InChI is InChI=1S/C8H5BrN2O2/c9-6-3-1-2-5-7(8(12)13)10-4-11(5)6/h1-4H,(H,12,13). The second-order valence-electron chi connectivity index (χ2n) is 2.50. The molecule has 0 aliphatic carbocycles. The molecule has 5 heteroatoms. The summed E-state index contributed by atoms with van der Waals surface area (Å²) in [6.45, 7) is 0. The third-order valence-electron chi connectivity index (χ3n) is 1.73. The van der Waals surface area contributed by atoms with Crippen LogP contribution in [-0.4, -0.2) is 20.5 Å². The second kappa shape index (κ2) is 2.85. The molecule has 0 atom stereocenters. The first-order chi connectivity index (χ1) is 6.20. The van der Waals surface area contributed by atoms with Gasteiger partial charge in [0.2, 0.25) is 0 Å². The molecule has 0 saturated carbocycles. The van der Waals surface area contributed by atoms with Crippen LogP contribution in [0.25, 0.3) is 5.52 Å². The van der Waals surface area contributed by atoms with Crippen LogP contribution in [0.3, 0.4) is 0 Å². The summed E-state index contributed by atoms with van der Waals surface area (Å²) in [4.78, 5) is 14.5. The number of hydrogen-bond donors (Lipinski definition) is 1. The van der Waals surface area contributed by atoms with E-state index in [2.05, 4.69) is 20.9 Å². The van der Waals surface area contributed by atoms with Crippen molar-refractivity contribution in [3.63, 3.8) is 0 Å². The van der Waals surface area contributed by atoms with Crippen molar-refractivity contribution in [1.29, 1.82) is 0 Å². The van der Waals surface area contributed by atoms with Crippen LogP contribution in [-0.2, 0) is 0 Å². The Balaban J connectivity index is 2.83. The molecule has 13 heavy (non-hydrogen) atoms. The van der Waals surface area contributed by atoms with Crippen molar-refractivity contribution in [2.45, 2.75) is 0 Å². The van der Waals surface area contributed by atoms with Gasteiger partial charge in [0, 0.05) is 0 Å². The summed E-state index contributed by atoms with van der Waals surface area (Å²) in [6, 6.07) is 5.30. The van der Waals surface area contributed by atoms with E-state index in [4.69, 9.17) is 5.11 Å². The summed E-state index contributed by atoms with van der Waals surface area (Å²) < 4.78 is 2.45. The van der Waals surface area contributed by atoms with Gasteiger partial charge >= 0.3 is 5.97 Å². The number of carbonyl (C=O) groups is 1. The molecule has 2 aromatic rings. The van der Waals surface area contributed by atoms with E-state index in [1.54, 1.807) is 16.5 Å². The number of aromatic carboxylic acids is 1. The van der Waals surface area contributed by atoms with Crippen molar-refractivity contribution in [3.05, 3.63) is 34.8 Å². The summed E-state index contributed by atoms with van der Waals surface area (Å²) in [5.74, 6) is -1.01. The van der Waals surface area contributed by atoms with E-state index in [1.165, 1.54) is 6.33 Å². The minimum atomic E-state index is -1.01. The maximum absolute atomic E-state index is 10.7. The van der Waals surface area contributed by atoms with E-state index < -0.39 is 5.97 Å². The van der Waals surface area contributed by atoms with Gasteiger partial charge in [0.05, 0.1) is 10.1 Å². The van der Waals surface area contributed by atoms with Gasteiger partial charge in [-0.2, -0.15) is 0 Å². The predicted molar refractivity (Wildman–Crippen MR) is 49.9 cm³/mol. The van der Waals surface area contributed by atoms with Gasteiger partial charge < -0.3 is 5.11 Å². The number of aromatic nitrogens is 2. The Bertz CT molecular complexity index is 478. The summed E-state index contributed by atoms with van der Waals surface area (Å²) in [5, 5.41) is 8.77. The molecule has 2 heterocycles. The van der Waals surface area contributed by atoms with Crippen LogP contribution in [0, 0.1) is 0 Å². The monoisotopic (exact) mass is 240 g/mol.